The Morgan fingerprint density at radius 3 is 2.77 bits per heavy atom. The molecule has 0 aromatic heterocycles. The number of rotatable bonds is 3. The van der Waals surface area contributed by atoms with Crippen LogP contribution in [0.25, 0.3) is 0 Å². The first-order valence-electron chi connectivity index (χ1n) is 4.28. The lowest BCUT2D eigenvalue weighted by atomic mass is 10.0. The fraction of sp³-hybridized carbons (Fsp3) is 0.400. The predicted molar refractivity (Wildman–Crippen MR) is 55.2 cm³/mol. The Labute approximate surface area is 83.6 Å². The van der Waals surface area contributed by atoms with E-state index >= 15 is 0 Å². The zero-order valence-electron chi connectivity index (χ0n) is 7.88. The van der Waals surface area contributed by atoms with Crippen LogP contribution in [0.2, 0.25) is 5.02 Å². The molecule has 0 saturated heterocycles. The second kappa shape index (κ2) is 4.49. The van der Waals surface area contributed by atoms with E-state index in [-0.39, 0.29) is 6.04 Å². The molecular weight excluding hydrogens is 186 g/mol. The standard InChI is InChI=1S/C10H14ClNO/c1-3-8(12)10-7(11)5-4-6-9(10)13-2/h4-6,8H,3,12H2,1-2H3/t8-/m0/s1. The number of hydrogen-bond donors (Lipinski definition) is 1. The Morgan fingerprint density at radius 2 is 2.23 bits per heavy atom. The summed E-state index contributed by atoms with van der Waals surface area (Å²) in [6.45, 7) is 2.02. The van der Waals surface area contributed by atoms with E-state index < -0.39 is 0 Å². The SMILES string of the molecule is CC[C@H](N)c1c(Cl)cccc1OC. The number of ether oxygens (including phenoxy) is 1. The largest absolute Gasteiger partial charge is 0.496 e. The molecule has 0 aliphatic heterocycles. The molecule has 13 heavy (non-hydrogen) atoms. The van der Waals surface area contributed by atoms with Crippen LogP contribution in [-0.4, -0.2) is 7.11 Å². The van der Waals surface area contributed by atoms with Gasteiger partial charge in [0.25, 0.3) is 0 Å². The summed E-state index contributed by atoms with van der Waals surface area (Å²) in [4.78, 5) is 0. The Morgan fingerprint density at radius 1 is 1.54 bits per heavy atom. The summed E-state index contributed by atoms with van der Waals surface area (Å²) in [6.07, 6.45) is 0.847. The molecule has 0 bridgehead atoms. The quantitative estimate of drug-likeness (QED) is 0.813. The van der Waals surface area contributed by atoms with Crippen LogP contribution in [0.1, 0.15) is 24.9 Å². The summed E-state index contributed by atoms with van der Waals surface area (Å²) in [5.74, 6) is 0.766. The maximum Gasteiger partial charge on any atom is 0.125 e. The minimum absolute atomic E-state index is 0.0522. The van der Waals surface area contributed by atoms with E-state index in [1.807, 2.05) is 25.1 Å². The van der Waals surface area contributed by atoms with Gasteiger partial charge in [-0.2, -0.15) is 0 Å². The predicted octanol–water partition coefficient (Wildman–Crippen LogP) is 2.76. The summed E-state index contributed by atoms with van der Waals surface area (Å²) < 4.78 is 5.18. The van der Waals surface area contributed by atoms with Crippen LogP contribution in [0.4, 0.5) is 0 Å². The molecule has 0 amide bonds. The molecule has 0 radical (unpaired) electrons. The van der Waals surface area contributed by atoms with Crippen molar-refractivity contribution in [1.29, 1.82) is 0 Å². The maximum absolute atomic E-state index is 6.02. The van der Waals surface area contributed by atoms with Crippen LogP contribution >= 0.6 is 11.6 Å². The average molecular weight is 200 g/mol. The van der Waals surface area contributed by atoms with Crippen LogP contribution in [0.15, 0.2) is 18.2 Å². The average Bonchev–Trinajstić information content (AvgIpc) is 2.16. The molecule has 0 aliphatic rings. The molecule has 1 aromatic rings. The molecule has 2 N–H and O–H groups in total. The van der Waals surface area contributed by atoms with Crippen molar-refractivity contribution in [2.45, 2.75) is 19.4 Å². The van der Waals surface area contributed by atoms with Crippen molar-refractivity contribution >= 4 is 11.6 Å². The van der Waals surface area contributed by atoms with Gasteiger partial charge < -0.3 is 10.5 Å². The lowest BCUT2D eigenvalue weighted by Crippen LogP contribution is -2.10. The molecule has 0 spiro atoms. The summed E-state index contributed by atoms with van der Waals surface area (Å²) in [6, 6.07) is 5.50. The molecule has 0 saturated carbocycles. The van der Waals surface area contributed by atoms with Crippen LogP contribution in [0.5, 0.6) is 5.75 Å². The highest BCUT2D eigenvalue weighted by Gasteiger charge is 2.13. The van der Waals surface area contributed by atoms with Gasteiger partial charge in [0.15, 0.2) is 0 Å². The monoisotopic (exact) mass is 199 g/mol. The fourth-order valence-electron chi connectivity index (χ4n) is 1.26. The van der Waals surface area contributed by atoms with Crippen molar-refractivity contribution in [2.24, 2.45) is 5.73 Å². The smallest absolute Gasteiger partial charge is 0.125 e. The van der Waals surface area contributed by atoms with Crippen molar-refractivity contribution in [2.75, 3.05) is 7.11 Å². The number of methoxy groups -OCH3 is 1. The number of halogens is 1. The molecule has 72 valence electrons. The van der Waals surface area contributed by atoms with Crippen molar-refractivity contribution in [1.82, 2.24) is 0 Å². The minimum Gasteiger partial charge on any atom is -0.496 e. The third kappa shape index (κ3) is 2.14. The molecule has 1 aromatic carbocycles. The molecular formula is C10H14ClNO. The highest BCUT2D eigenvalue weighted by atomic mass is 35.5. The minimum atomic E-state index is -0.0522. The van der Waals surface area contributed by atoms with E-state index in [0.29, 0.717) is 5.02 Å². The zero-order chi connectivity index (χ0) is 9.84. The lowest BCUT2D eigenvalue weighted by molar-refractivity contribution is 0.405. The van der Waals surface area contributed by atoms with Crippen molar-refractivity contribution in [3.63, 3.8) is 0 Å². The van der Waals surface area contributed by atoms with Crippen molar-refractivity contribution in [3.8, 4) is 5.75 Å². The van der Waals surface area contributed by atoms with Gasteiger partial charge in [0.1, 0.15) is 5.75 Å². The number of hydrogen-bond acceptors (Lipinski definition) is 2. The van der Waals surface area contributed by atoms with E-state index in [2.05, 4.69) is 0 Å². The molecule has 0 unspecified atom stereocenters. The molecule has 2 nitrogen and oxygen atoms in total. The van der Waals surface area contributed by atoms with E-state index in [4.69, 9.17) is 22.1 Å². The Bertz CT molecular complexity index is 288. The summed E-state index contributed by atoms with van der Waals surface area (Å²) in [5.41, 5.74) is 6.80. The van der Waals surface area contributed by atoms with E-state index in [1.165, 1.54) is 0 Å². The molecule has 0 heterocycles. The van der Waals surface area contributed by atoms with Gasteiger partial charge in [0.2, 0.25) is 0 Å². The zero-order valence-corrected chi connectivity index (χ0v) is 8.64. The number of nitrogens with two attached hydrogens (primary N) is 1. The van der Waals surface area contributed by atoms with Crippen LogP contribution < -0.4 is 10.5 Å². The van der Waals surface area contributed by atoms with Gasteiger partial charge in [-0.25, -0.2) is 0 Å². The first-order valence-corrected chi connectivity index (χ1v) is 4.66. The van der Waals surface area contributed by atoms with Crippen LogP contribution in [0.3, 0.4) is 0 Å². The first-order chi connectivity index (χ1) is 6.20. The van der Waals surface area contributed by atoms with Gasteiger partial charge >= 0.3 is 0 Å². The molecule has 1 rings (SSSR count). The van der Waals surface area contributed by atoms with Crippen LogP contribution in [0, 0.1) is 0 Å². The normalized spacial score (nSPS) is 12.6. The Kier molecular flexibility index (Phi) is 3.58. The Hall–Kier alpha value is -0.730. The van der Waals surface area contributed by atoms with Gasteiger partial charge in [-0.1, -0.05) is 24.6 Å². The maximum atomic E-state index is 6.02. The molecule has 1 atom stereocenters. The lowest BCUT2D eigenvalue weighted by Gasteiger charge is -2.15. The third-order valence-corrected chi connectivity index (χ3v) is 2.37. The summed E-state index contributed by atoms with van der Waals surface area (Å²) in [7, 11) is 1.62. The Balaban J connectivity index is 3.14. The van der Waals surface area contributed by atoms with Gasteiger partial charge in [-0.05, 0) is 18.6 Å². The van der Waals surface area contributed by atoms with E-state index in [0.717, 1.165) is 17.7 Å². The van der Waals surface area contributed by atoms with Crippen molar-refractivity contribution < 1.29 is 4.74 Å². The van der Waals surface area contributed by atoms with Gasteiger partial charge in [-0.3, -0.25) is 0 Å². The fourth-order valence-corrected chi connectivity index (χ4v) is 1.57. The third-order valence-electron chi connectivity index (χ3n) is 2.04. The second-order valence-electron chi connectivity index (χ2n) is 2.87. The summed E-state index contributed by atoms with van der Waals surface area (Å²) >= 11 is 6.02. The molecule has 3 heteroatoms. The highest BCUT2D eigenvalue weighted by molar-refractivity contribution is 6.31. The number of benzene rings is 1. The first kappa shape index (κ1) is 10.4. The molecule has 0 aliphatic carbocycles. The topological polar surface area (TPSA) is 35.2 Å². The van der Waals surface area contributed by atoms with Gasteiger partial charge in [-0.15, -0.1) is 0 Å². The van der Waals surface area contributed by atoms with E-state index in [1.54, 1.807) is 7.11 Å². The van der Waals surface area contributed by atoms with Gasteiger partial charge in [0.05, 0.1) is 7.11 Å². The second-order valence-corrected chi connectivity index (χ2v) is 3.28. The highest BCUT2D eigenvalue weighted by Crippen LogP contribution is 2.31. The summed E-state index contributed by atoms with van der Waals surface area (Å²) in [5, 5.41) is 0.675. The van der Waals surface area contributed by atoms with Crippen molar-refractivity contribution in [3.05, 3.63) is 28.8 Å². The van der Waals surface area contributed by atoms with Gasteiger partial charge in [0, 0.05) is 16.6 Å². The van der Waals surface area contributed by atoms with E-state index in [9.17, 15) is 0 Å². The molecule has 0 fully saturated rings. The van der Waals surface area contributed by atoms with Crippen LogP contribution in [-0.2, 0) is 0 Å².